The molecule has 18 nitrogen and oxygen atoms in total. The van der Waals surface area contributed by atoms with Crippen molar-refractivity contribution >= 4 is 56.2 Å². The number of nitrogens with one attached hydrogen (secondary N) is 4. The highest BCUT2D eigenvalue weighted by Crippen LogP contribution is 2.46. The Hall–Kier alpha value is -4.37. The summed E-state index contributed by atoms with van der Waals surface area (Å²) in [5.41, 5.74) is 3.44. The van der Waals surface area contributed by atoms with Gasteiger partial charge < -0.3 is 36.4 Å². The van der Waals surface area contributed by atoms with Crippen LogP contribution in [0, 0.1) is 10.8 Å². The van der Waals surface area contributed by atoms with Crippen molar-refractivity contribution in [2.24, 2.45) is 10.6 Å². The number of β-lactam (4-membered cyclic amide) rings is 1. The minimum Gasteiger partial charge on any atom is -0.485 e. The van der Waals surface area contributed by atoms with Gasteiger partial charge in [-0.25, -0.2) is 9.78 Å². The van der Waals surface area contributed by atoms with Crippen LogP contribution >= 0.6 is 11.3 Å². The molecule has 6 rings (SSSR count). The molecule has 1 aromatic carbocycles. The van der Waals surface area contributed by atoms with Crippen molar-refractivity contribution in [1.29, 1.82) is 5.41 Å². The molecule has 1 saturated carbocycles. The van der Waals surface area contributed by atoms with E-state index in [0.717, 1.165) is 42.8 Å². The largest absolute Gasteiger partial charge is 0.485 e. The maximum absolute atomic E-state index is 13.5. The first-order valence-electron chi connectivity index (χ1n) is 16.3. The number of carboxylic acid groups (broad SMARTS) is 1. The fourth-order valence-corrected chi connectivity index (χ4v) is 8.08. The zero-order chi connectivity index (χ0) is 36.9. The van der Waals surface area contributed by atoms with Crippen LogP contribution in [-0.2, 0) is 40.3 Å². The Morgan fingerprint density at radius 1 is 1.29 bits per heavy atom. The zero-order valence-corrected chi connectivity index (χ0v) is 29.7. The fraction of sp³-hybridized carbons (Fsp3) is 0.548. The summed E-state index contributed by atoms with van der Waals surface area (Å²) in [6, 6.07) is 4.19. The number of thiazole rings is 1. The van der Waals surface area contributed by atoms with Crippen LogP contribution in [0.3, 0.4) is 0 Å². The van der Waals surface area contributed by atoms with E-state index in [1.165, 1.54) is 39.0 Å². The van der Waals surface area contributed by atoms with Gasteiger partial charge in [-0.15, -0.1) is 15.6 Å². The molecule has 3 aliphatic heterocycles. The second-order valence-electron chi connectivity index (χ2n) is 14.1. The van der Waals surface area contributed by atoms with Gasteiger partial charge in [-0.3, -0.25) is 19.6 Å². The number of ether oxygens (including phenoxy) is 1. The summed E-state index contributed by atoms with van der Waals surface area (Å²) in [5, 5.41) is 33.9. The highest BCUT2D eigenvalue weighted by Gasteiger charge is 2.58. The van der Waals surface area contributed by atoms with Gasteiger partial charge in [0.1, 0.15) is 23.3 Å². The lowest BCUT2D eigenvalue weighted by Crippen LogP contribution is -2.76. The molecule has 51 heavy (non-hydrogen) atoms. The summed E-state index contributed by atoms with van der Waals surface area (Å²) in [6.07, 6.45) is 3.97. The van der Waals surface area contributed by atoms with Gasteiger partial charge in [-0.05, 0) is 95.0 Å². The molecule has 1 spiro atoms. The molecule has 2 amide bonds. The summed E-state index contributed by atoms with van der Waals surface area (Å²) in [6.45, 7) is 6.08. The molecule has 20 heteroatoms. The molecule has 0 radical (unpaired) electrons. The minimum absolute atomic E-state index is 0.0623. The van der Waals surface area contributed by atoms with Crippen LogP contribution < -0.4 is 26.4 Å². The van der Waals surface area contributed by atoms with Crippen LogP contribution in [0.2, 0.25) is 0 Å². The maximum atomic E-state index is 13.5. The number of amidine groups is 1. The van der Waals surface area contributed by atoms with Gasteiger partial charge in [0.15, 0.2) is 16.9 Å². The number of aliphatic carboxylic acids is 1. The number of amides is 2. The number of nitrogens with zero attached hydrogens (tertiary/aromatic N) is 3. The predicted octanol–water partition coefficient (Wildman–Crippen LogP) is 0.970. The smallest absolute Gasteiger partial charge is 0.418 e. The second-order valence-corrected chi connectivity index (χ2v) is 16.0. The summed E-state index contributed by atoms with van der Waals surface area (Å²) in [4.78, 5) is 48.5. The van der Waals surface area contributed by atoms with Crippen molar-refractivity contribution in [3.05, 3.63) is 40.4 Å². The number of aromatic nitrogens is 1. The normalized spacial score (nSPS) is 26.8. The number of hydrogen-bond donors (Lipinski definition) is 7. The van der Waals surface area contributed by atoms with E-state index in [1.54, 1.807) is 12.1 Å². The molecular formula is C31H40N8O10S2. The number of nitrogen functional groups attached to an aromatic ring is 1. The fourth-order valence-electron chi connectivity index (χ4n) is 7.08. The van der Waals surface area contributed by atoms with Gasteiger partial charge >= 0.3 is 16.4 Å². The number of fused-ring (bicyclic) bond motifs is 1. The Balaban J connectivity index is 1.15. The SMILES string of the molecule is CC(ON=C(C(=O)NC1C(=O)N(OS(=O)(=O)O)C1(C)C)c1csc(N)n1)(C(=O)O)C1CCc2cc(C(=N)NC3CC4(CCCNC4)C3)ccc2O1. The second kappa shape index (κ2) is 13.3. The Kier molecular flexibility index (Phi) is 9.51. The van der Waals surface area contributed by atoms with Gasteiger partial charge in [-0.2, -0.15) is 13.5 Å². The molecule has 2 aromatic rings. The summed E-state index contributed by atoms with van der Waals surface area (Å²) < 4.78 is 41.8. The number of piperidine rings is 1. The lowest BCUT2D eigenvalue weighted by molar-refractivity contribution is -0.218. The number of carboxylic acids is 1. The lowest BCUT2D eigenvalue weighted by atomic mass is 9.62. The third-order valence-electron chi connectivity index (χ3n) is 10.0. The van der Waals surface area contributed by atoms with Crippen molar-refractivity contribution in [1.82, 2.24) is 26.0 Å². The molecule has 2 saturated heterocycles. The van der Waals surface area contributed by atoms with Gasteiger partial charge in [0.25, 0.3) is 17.4 Å². The summed E-state index contributed by atoms with van der Waals surface area (Å²) in [7, 11) is -5.03. The molecule has 276 valence electrons. The average molecular weight is 749 g/mol. The van der Waals surface area contributed by atoms with Crippen molar-refractivity contribution < 1.29 is 46.3 Å². The Morgan fingerprint density at radius 2 is 2.04 bits per heavy atom. The molecule has 3 atom stereocenters. The summed E-state index contributed by atoms with van der Waals surface area (Å²) in [5.74, 6) is -2.70. The topological polar surface area (TPSA) is 268 Å². The van der Waals surface area contributed by atoms with Gasteiger partial charge in [0.05, 0.1) is 5.54 Å². The van der Waals surface area contributed by atoms with Gasteiger partial charge in [-0.1, -0.05) is 5.16 Å². The number of nitrogens with two attached hydrogens (primary N) is 1. The van der Waals surface area contributed by atoms with E-state index in [-0.39, 0.29) is 23.3 Å². The molecule has 8 N–H and O–H groups in total. The Bertz CT molecular complexity index is 1890. The van der Waals surface area contributed by atoms with E-state index in [9.17, 15) is 27.9 Å². The van der Waals surface area contributed by atoms with E-state index in [1.807, 2.05) is 6.07 Å². The number of rotatable bonds is 11. The standard InChI is InChI=1S/C31H40N8O10S2/c1-29(2)23(26(41)39(29)49-51(44,45)46)37-25(40)22(19-14-50-28(33)36-19)38-48-30(3,27(42)43)21-8-6-16-11-17(5-7-20(16)47-21)24(32)35-18-12-31(13-18)9-4-10-34-15-31/h5,7,11,14,18,21,23,34H,4,6,8-10,12-13,15H2,1-3H3,(H2,32,35)(H2,33,36)(H,37,40)(H,42,43)(H,44,45,46). The van der Waals surface area contributed by atoms with Crippen LogP contribution in [0.4, 0.5) is 5.13 Å². The maximum Gasteiger partial charge on any atom is 0.418 e. The van der Waals surface area contributed by atoms with Crippen LogP contribution in [0.15, 0.2) is 28.7 Å². The minimum atomic E-state index is -5.03. The van der Waals surface area contributed by atoms with E-state index >= 15 is 0 Å². The molecule has 0 bridgehead atoms. The van der Waals surface area contributed by atoms with Crippen molar-refractivity contribution in [3.63, 3.8) is 0 Å². The molecular weight excluding hydrogens is 709 g/mol. The molecule has 3 unspecified atom stereocenters. The number of oxime groups is 1. The average Bonchev–Trinajstić information content (AvgIpc) is 3.50. The van der Waals surface area contributed by atoms with E-state index in [4.69, 9.17) is 25.3 Å². The van der Waals surface area contributed by atoms with Crippen LogP contribution in [0.1, 0.15) is 69.7 Å². The van der Waals surface area contributed by atoms with E-state index in [2.05, 4.69) is 30.4 Å². The Morgan fingerprint density at radius 3 is 2.65 bits per heavy atom. The number of hydroxylamine groups is 2. The molecule has 1 aromatic heterocycles. The van der Waals surface area contributed by atoms with Gasteiger partial charge in [0.2, 0.25) is 0 Å². The highest BCUT2D eigenvalue weighted by molar-refractivity contribution is 7.80. The van der Waals surface area contributed by atoms with Crippen molar-refractivity contribution in [2.75, 3.05) is 18.8 Å². The number of aryl methyl sites for hydroxylation is 1. The van der Waals surface area contributed by atoms with E-state index < -0.39 is 57.2 Å². The monoisotopic (exact) mass is 748 g/mol. The predicted molar refractivity (Wildman–Crippen MR) is 182 cm³/mol. The molecule has 4 heterocycles. The third-order valence-corrected chi connectivity index (χ3v) is 11.0. The molecule has 1 aliphatic carbocycles. The lowest BCUT2D eigenvalue weighted by Gasteiger charge is -2.50. The van der Waals surface area contributed by atoms with Crippen molar-refractivity contribution in [2.45, 2.75) is 88.6 Å². The number of benzene rings is 1. The first kappa shape index (κ1) is 36.4. The first-order valence-corrected chi connectivity index (χ1v) is 18.5. The van der Waals surface area contributed by atoms with Crippen LogP contribution in [0.5, 0.6) is 5.75 Å². The number of hydrogen-bond acceptors (Lipinski definition) is 14. The number of carbonyl (C=O) groups is 3. The van der Waals surface area contributed by atoms with E-state index in [0.29, 0.717) is 34.0 Å². The number of anilines is 1. The van der Waals surface area contributed by atoms with Gasteiger partial charge in [0, 0.05) is 23.5 Å². The zero-order valence-electron chi connectivity index (χ0n) is 28.1. The molecule has 3 fully saturated rings. The first-order chi connectivity index (χ1) is 23.9. The quantitative estimate of drug-likeness (QED) is 0.0555. The van der Waals surface area contributed by atoms with Crippen LogP contribution in [0.25, 0.3) is 0 Å². The summed E-state index contributed by atoms with van der Waals surface area (Å²) >= 11 is 0.969. The van der Waals surface area contributed by atoms with Crippen molar-refractivity contribution in [3.8, 4) is 5.75 Å². The third kappa shape index (κ3) is 7.23. The molecule has 4 aliphatic rings. The highest BCUT2D eigenvalue weighted by atomic mass is 32.3. The Labute approximate surface area is 297 Å². The number of carbonyl (C=O) groups excluding carboxylic acids is 2. The van der Waals surface area contributed by atoms with Crippen LogP contribution in [-0.4, -0.2) is 99.9 Å².